The van der Waals surface area contributed by atoms with Crippen molar-refractivity contribution in [3.05, 3.63) is 30.5 Å². The van der Waals surface area contributed by atoms with Gasteiger partial charge in [-0.2, -0.15) is 0 Å². The lowest BCUT2D eigenvalue weighted by molar-refractivity contribution is 0.443. The first-order chi connectivity index (χ1) is 7.97. The topological polar surface area (TPSA) is 50.9 Å². The number of rotatable bonds is 2. The van der Waals surface area contributed by atoms with Gasteiger partial charge >= 0.3 is 0 Å². The number of nitrogen functional groups attached to an aromatic ring is 1. The lowest BCUT2D eigenvalue weighted by Crippen LogP contribution is -2.19. The average molecular weight is 229 g/mol. The lowest BCUT2D eigenvalue weighted by atomic mass is 9.96. The van der Waals surface area contributed by atoms with Crippen LogP contribution in [0.1, 0.15) is 20.8 Å². The van der Waals surface area contributed by atoms with Gasteiger partial charge in [-0.25, -0.2) is 0 Å². The average Bonchev–Trinajstić information content (AvgIpc) is 2.26. The van der Waals surface area contributed by atoms with Crippen molar-refractivity contribution < 1.29 is 0 Å². The van der Waals surface area contributed by atoms with E-state index in [2.05, 4.69) is 31.1 Å². The summed E-state index contributed by atoms with van der Waals surface area (Å²) in [5.74, 6) is 0. The predicted molar refractivity (Wildman–Crippen MR) is 74.1 cm³/mol. The largest absolute Gasteiger partial charge is 0.396 e. The molecule has 90 valence electrons. The molecule has 0 aliphatic heterocycles. The highest BCUT2D eigenvalue weighted by atomic mass is 14.9. The maximum atomic E-state index is 5.99. The van der Waals surface area contributed by atoms with Gasteiger partial charge in [0.2, 0.25) is 0 Å². The van der Waals surface area contributed by atoms with Gasteiger partial charge in [-0.15, -0.1) is 0 Å². The Kier molecular flexibility index (Phi) is 2.92. The Morgan fingerprint density at radius 3 is 2.65 bits per heavy atom. The SMILES string of the molecule is CC(C)(C)CNc1c(N)cnc2ccccc12. The monoisotopic (exact) mass is 229 g/mol. The molecule has 2 aromatic rings. The molecule has 0 saturated heterocycles. The lowest BCUT2D eigenvalue weighted by Gasteiger charge is -2.21. The van der Waals surface area contributed by atoms with Gasteiger partial charge in [-0.3, -0.25) is 4.98 Å². The van der Waals surface area contributed by atoms with E-state index in [-0.39, 0.29) is 5.41 Å². The summed E-state index contributed by atoms with van der Waals surface area (Å²) in [7, 11) is 0. The van der Waals surface area contributed by atoms with Crippen molar-refractivity contribution in [1.29, 1.82) is 0 Å². The molecule has 0 atom stereocenters. The smallest absolute Gasteiger partial charge is 0.0743 e. The summed E-state index contributed by atoms with van der Waals surface area (Å²) in [5.41, 5.74) is 8.87. The second kappa shape index (κ2) is 4.24. The van der Waals surface area contributed by atoms with Crippen molar-refractivity contribution in [3.8, 4) is 0 Å². The third-order valence-electron chi connectivity index (χ3n) is 2.60. The van der Waals surface area contributed by atoms with Gasteiger partial charge in [0.15, 0.2) is 0 Å². The van der Waals surface area contributed by atoms with E-state index < -0.39 is 0 Å². The summed E-state index contributed by atoms with van der Waals surface area (Å²) in [6.45, 7) is 7.46. The van der Waals surface area contributed by atoms with Gasteiger partial charge in [-0.1, -0.05) is 39.0 Å². The summed E-state index contributed by atoms with van der Waals surface area (Å²) in [6, 6.07) is 8.03. The molecule has 1 aromatic carbocycles. The van der Waals surface area contributed by atoms with Gasteiger partial charge in [0, 0.05) is 11.9 Å². The van der Waals surface area contributed by atoms with Crippen LogP contribution in [0.2, 0.25) is 0 Å². The van der Waals surface area contributed by atoms with Crippen LogP contribution in [0.5, 0.6) is 0 Å². The van der Waals surface area contributed by atoms with E-state index >= 15 is 0 Å². The molecule has 0 saturated carbocycles. The highest BCUT2D eigenvalue weighted by Crippen LogP contribution is 2.28. The molecule has 2 rings (SSSR count). The number of anilines is 2. The zero-order valence-corrected chi connectivity index (χ0v) is 10.6. The molecule has 0 unspecified atom stereocenters. The van der Waals surface area contributed by atoms with Crippen LogP contribution in [-0.4, -0.2) is 11.5 Å². The minimum absolute atomic E-state index is 0.219. The third kappa shape index (κ3) is 2.67. The van der Waals surface area contributed by atoms with Gasteiger partial charge in [0.05, 0.1) is 23.1 Å². The third-order valence-corrected chi connectivity index (χ3v) is 2.60. The summed E-state index contributed by atoms with van der Waals surface area (Å²) in [4.78, 5) is 4.32. The van der Waals surface area contributed by atoms with E-state index in [0.717, 1.165) is 23.1 Å². The van der Waals surface area contributed by atoms with Gasteiger partial charge < -0.3 is 11.1 Å². The number of pyridine rings is 1. The normalized spacial score (nSPS) is 11.7. The van der Waals surface area contributed by atoms with E-state index in [1.807, 2.05) is 24.3 Å². The Labute approximate surface area is 102 Å². The molecule has 0 fully saturated rings. The number of nitrogens with zero attached hydrogens (tertiary/aromatic N) is 1. The van der Waals surface area contributed by atoms with Gasteiger partial charge in [0.1, 0.15) is 0 Å². The standard InChI is InChI=1S/C14H19N3/c1-14(2,3)9-17-13-10-6-4-5-7-12(10)16-8-11(13)15/h4-8H,9,15H2,1-3H3,(H,16,17). The molecule has 3 heteroatoms. The first-order valence-electron chi connectivity index (χ1n) is 5.84. The summed E-state index contributed by atoms with van der Waals surface area (Å²) >= 11 is 0. The summed E-state index contributed by atoms with van der Waals surface area (Å²) < 4.78 is 0. The number of aromatic nitrogens is 1. The first kappa shape index (κ1) is 11.7. The maximum absolute atomic E-state index is 5.99. The molecule has 3 nitrogen and oxygen atoms in total. The van der Waals surface area contributed by atoms with Gasteiger partial charge in [-0.05, 0) is 11.5 Å². The number of benzene rings is 1. The fraction of sp³-hybridized carbons (Fsp3) is 0.357. The Morgan fingerprint density at radius 1 is 1.24 bits per heavy atom. The van der Waals surface area contributed by atoms with Crippen LogP contribution >= 0.6 is 0 Å². The van der Waals surface area contributed by atoms with Crippen LogP contribution in [-0.2, 0) is 0 Å². The fourth-order valence-corrected chi connectivity index (χ4v) is 1.71. The minimum atomic E-state index is 0.219. The number of para-hydroxylation sites is 1. The molecule has 0 amide bonds. The van der Waals surface area contributed by atoms with Crippen molar-refractivity contribution in [2.75, 3.05) is 17.6 Å². The molecule has 17 heavy (non-hydrogen) atoms. The predicted octanol–water partition coefficient (Wildman–Crippen LogP) is 3.28. The number of hydrogen-bond donors (Lipinski definition) is 2. The molecular weight excluding hydrogens is 210 g/mol. The van der Waals surface area contributed by atoms with E-state index in [1.165, 1.54) is 0 Å². The minimum Gasteiger partial charge on any atom is -0.396 e. The number of nitrogens with two attached hydrogens (primary N) is 1. The van der Waals surface area contributed by atoms with Crippen LogP contribution in [0.15, 0.2) is 30.5 Å². The quantitative estimate of drug-likeness (QED) is 0.831. The zero-order chi connectivity index (χ0) is 12.5. The molecule has 3 N–H and O–H groups in total. The van der Waals surface area contributed by atoms with Crippen molar-refractivity contribution in [2.45, 2.75) is 20.8 Å². The number of hydrogen-bond acceptors (Lipinski definition) is 3. The Bertz CT molecular complexity index is 526. The molecule has 0 spiro atoms. The van der Waals surface area contributed by atoms with E-state index in [4.69, 9.17) is 5.73 Å². The number of fused-ring (bicyclic) bond motifs is 1. The van der Waals surface area contributed by atoms with Crippen LogP contribution in [0.3, 0.4) is 0 Å². The van der Waals surface area contributed by atoms with Crippen LogP contribution < -0.4 is 11.1 Å². The highest BCUT2D eigenvalue weighted by molar-refractivity contribution is 5.96. The Balaban J connectivity index is 2.41. The van der Waals surface area contributed by atoms with E-state index in [0.29, 0.717) is 5.69 Å². The second-order valence-corrected chi connectivity index (χ2v) is 5.52. The first-order valence-corrected chi connectivity index (χ1v) is 5.84. The fourth-order valence-electron chi connectivity index (χ4n) is 1.71. The second-order valence-electron chi connectivity index (χ2n) is 5.52. The van der Waals surface area contributed by atoms with Gasteiger partial charge in [0.25, 0.3) is 0 Å². The van der Waals surface area contributed by atoms with Crippen LogP contribution in [0.25, 0.3) is 10.9 Å². The molecule has 0 radical (unpaired) electrons. The molecule has 0 bridgehead atoms. The molecule has 0 aliphatic rings. The maximum Gasteiger partial charge on any atom is 0.0743 e. The molecule has 1 aromatic heterocycles. The molecular formula is C14H19N3. The Hall–Kier alpha value is -1.77. The van der Waals surface area contributed by atoms with E-state index in [1.54, 1.807) is 6.20 Å². The number of nitrogens with one attached hydrogen (secondary N) is 1. The van der Waals surface area contributed by atoms with Crippen molar-refractivity contribution in [3.63, 3.8) is 0 Å². The zero-order valence-electron chi connectivity index (χ0n) is 10.6. The van der Waals surface area contributed by atoms with Crippen molar-refractivity contribution in [1.82, 2.24) is 4.98 Å². The summed E-state index contributed by atoms with van der Waals surface area (Å²) in [6.07, 6.45) is 1.72. The van der Waals surface area contributed by atoms with Crippen molar-refractivity contribution >= 4 is 22.3 Å². The highest BCUT2D eigenvalue weighted by Gasteiger charge is 2.12. The summed E-state index contributed by atoms with van der Waals surface area (Å²) in [5, 5.41) is 4.51. The molecule has 1 heterocycles. The molecule has 0 aliphatic carbocycles. The van der Waals surface area contributed by atoms with Crippen LogP contribution in [0.4, 0.5) is 11.4 Å². The Morgan fingerprint density at radius 2 is 1.94 bits per heavy atom. The van der Waals surface area contributed by atoms with E-state index in [9.17, 15) is 0 Å². The van der Waals surface area contributed by atoms with Crippen LogP contribution in [0, 0.1) is 5.41 Å². The van der Waals surface area contributed by atoms with Crippen molar-refractivity contribution in [2.24, 2.45) is 5.41 Å².